The number of hydrogen-bond acceptors (Lipinski definition) is 3. The molecule has 0 aromatic heterocycles. The number of rotatable bonds is 6. The van der Waals surface area contributed by atoms with E-state index in [9.17, 15) is 4.79 Å². The maximum atomic E-state index is 11.3. The highest BCUT2D eigenvalue weighted by Gasteiger charge is 2.07. The van der Waals surface area contributed by atoms with Gasteiger partial charge in [-0.3, -0.25) is 0 Å². The summed E-state index contributed by atoms with van der Waals surface area (Å²) in [5, 5.41) is 3.15. The van der Waals surface area contributed by atoms with Crippen LogP contribution in [0.25, 0.3) is 0 Å². The molecule has 0 heterocycles. The molecule has 3 nitrogen and oxygen atoms in total. The topological polar surface area (TPSA) is 38.3 Å². The van der Waals surface area contributed by atoms with Gasteiger partial charge in [-0.25, -0.2) is 4.79 Å². The van der Waals surface area contributed by atoms with E-state index in [0.717, 1.165) is 10.0 Å². The molecule has 0 saturated heterocycles. The summed E-state index contributed by atoms with van der Waals surface area (Å²) >= 11 is 3.46. The molecule has 0 bridgehead atoms. The van der Waals surface area contributed by atoms with Gasteiger partial charge in [0.15, 0.2) is 0 Å². The number of ether oxygens (including phenoxy) is 1. The molecule has 0 amide bonds. The van der Waals surface area contributed by atoms with Crippen LogP contribution in [-0.2, 0) is 16.1 Å². The minimum atomic E-state index is -0.341. The second-order valence-corrected chi connectivity index (χ2v) is 4.37. The Balaban J connectivity index is 2.36. The first-order valence-electron chi connectivity index (χ1n) is 5.44. The molecule has 0 unspecified atom stereocenters. The lowest BCUT2D eigenvalue weighted by Crippen LogP contribution is -2.21. The third-order valence-electron chi connectivity index (χ3n) is 2.18. The molecule has 1 N–H and O–H groups in total. The fourth-order valence-electron chi connectivity index (χ4n) is 1.30. The van der Waals surface area contributed by atoms with Gasteiger partial charge in [0.25, 0.3) is 0 Å². The van der Waals surface area contributed by atoms with Crippen LogP contribution in [0.15, 0.2) is 40.9 Å². The van der Waals surface area contributed by atoms with E-state index in [-0.39, 0.29) is 5.97 Å². The molecule has 0 atom stereocenters. The first kappa shape index (κ1) is 13.9. The second-order valence-electron chi connectivity index (χ2n) is 3.52. The third kappa shape index (κ3) is 4.71. The molecular formula is C13H16BrNO2. The molecular weight excluding hydrogens is 282 g/mol. The van der Waals surface area contributed by atoms with Crippen LogP contribution >= 0.6 is 15.9 Å². The first-order valence-corrected chi connectivity index (χ1v) is 6.23. The van der Waals surface area contributed by atoms with Crippen LogP contribution in [0.2, 0.25) is 0 Å². The van der Waals surface area contributed by atoms with E-state index in [2.05, 4.69) is 27.8 Å². The number of nitrogens with one attached hydrogen (secondary N) is 1. The van der Waals surface area contributed by atoms with Crippen molar-refractivity contribution in [3.63, 3.8) is 0 Å². The van der Waals surface area contributed by atoms with Crippen LogP contribution in [0.1, 0.15) is 12.5 Å². The fraction of sp³-hybridized carbons (Fsp3) is 0.308. The van der Waals surface area contributed by atoms with Crippen LogP contribution in [0.5, 0.6) is 0 Å². The maximum absolute atomic E-state index is 11.3. The lowest BCUT2D eigenvalue weighted by Gasteiger charge is -2.08. The van der Waals surface area contributed by atoms with Crippen molar-refractivity contribution in [2.75, 3.05) is 13.2 Å². The normalized spacial score (nSPS) is 10.0. The van der Waals surface area contributed by atoms with Crippen molar-refractivity contribution in [1.82, 2.24) is 5.32 Å². The summed E-state index contributed by atoms with van der Waals surface area (Å²) < 4.78 is 5.89. The van der Waals surface area contributed by atoms with E-state index in [1.165, 1.54) is 0 Å². The molecule has 1 rings (SSSR count). The number of esters is 1. The Kier molecular flexibility index (Phi) is 5.94. The van der Waals surface area contributed by atoms with Crippen molar-refractivity contribution in [2.24, 2.45) is 0 Å². The van der Waals surface area contributed by atoms with Gasteiger partial charge in [0.05, 0.1) is 6.61 Å². The first-order chi connectivity index (χ1) is 8.15. The molecule has 0 aliphatic rings. The summed E-state index contributed by atoms with van der Waals surface area (Å²) in [5.41, 5.74) is 1.59. The number of halogens is 1. The zero-order valence-electron chi connectivity index (χ0n) is 9.83. The minimum absolute atomic E-state index is 0.341. The molecule has 0 aliphatic carbocycles. The fourth-order valence-corrected chi connectivity index (χ4v) is 1.72. The van der Waals surface area contributed by atoms with Crippen molar-refractivity contribution < 1.29 is 9.53 Å². The predicted octanol–water partition coefficient (Wildman–Crippen LogP) is 2.66. The summed E-state index contributed by atoms with van der Waals surface area (Å²) in [4.78, 5) is 11.3. The van der Waals surface area contributed by atoms with Gasteiger partial charge in [-0.15, -0.1) is 0 Å². The van der Waals surface area contributed by atoms with Crippen LogP contribution in [0, 0.1) is 0 Å². The van der Waals surface area contributed by atoms with Crippen molar-refractivity contribution in [2.45, 2.75) is 13.5 Å². The SMILES string of the molecule is C=C(CNCc1ccccc1Br)C(=O)OCC. The van der Waals surface area contributed by atoms with Crippen LogP contribution < -0.4 is 5.32 Å². The standard InChI is InChI=1S/C13H16BrNO2/c1-3-17-13(16)10(2)8-15-9-11-6-4-5-7-12(11)14/h4-7,15H,2-3,8-9H2,1H3. The van der Waals surface area contributed by atoms with Gasteiger partial charge in [0.1, 0.15) is 0 Å². The molecule has 0 radical (unpaired) electrons. The van der Waals surface area contributed by atoms with Crippen molar-refractivity contribution in [1.29, 1.82) is 0 Å². The van der Waals surface area contributed by atoms with Crippen LogP contribution in [0.4, 0.5) is 0 Å². The monoisotopic (exact) mass is 297 g/mol. The Labute approximate surface area is 110 Å². The van der Waals surface area contributed by atoms with Crippen molar-refractivity contribution in [3.8, 4) is 0 Å². The average Bonchev–Trinajstić information content (AvgIpc) is 2.31. The zero-order chi connectivity index (χ0) is 12.7. The summed E-state index contributed by atoms with van der Waals surface area (Å²) in [6, 6.07) is 7.94. The summed E-state index contributed by atoms with van der Waals surface area (Å²) in [7, 11) is 0. The molecule has 1 aromatic rings. The Hall–Kier alpha value is -1.13. The summed E-state index contributed by atoms with van der Waals surface area (Å²) in [6.07, 6.45) is 0. The number of benzene rings is 1. The van der Waals surface area contributed by atoms with Crippen molar-refractivity contribution >= 4 is 21.9 Å². The molecule has 1 aromatic carbocycles. The molecule has 0 aliphatic heterocycles. The largest absolute Gasteiger partial charge is 0.463 e. The summed E-state index contributed by atoms with van der Waals surface area (Å²) in [6.45, 7) is 6.94. The van der Waals surface area contributed by atoms with E-state index < -0.39 is 0 Å². The van der Waals surface area contributed by atoms with E-state index in [4.69, 9.17) is 4.74 Å². The number of hydrogen-bond donors (Lipinski definition) is 1. The van der Waals surface area contributed by atoms with E-state index in [0.29, 0.717) is 25.3 Å². The lowest BCUT2D eigenvalue weighted by atomic mass is 10.2. The Morgan fingerprint density at radius 3 is 2.82 bits per heavy atom. The average molecular weight is 298 g/mol. The minimum Gasteiger partial charge on any atom is -0.463 e. The van der Waals surface area contributed by atoms with Gasteiger partial charge >= 0.3 is 5.97 Å². The Bertz CT molecular complexity index is 404. The molecule has 92 valence electrons. The third-order valence-corrected chi connectivity index (χ3v) is 2.95. The highest BCUT2D eigenvalue weighted by atomic mass is 79.9. The molecule has 4 heteroatoms. The summed E-state index contributed by atoms with van der Waals surface area (Å²) in [5.74, 6) is -0.341. The maximum Gasteiger partial charge on any atom is 0.334 e. The van der Waals surface area contributed by atoms with E-state index in [1.807, 2.05) is 24.3 Å². The van der Waals surface area contributed by atoms with E-state index >= 15 is 0 Å². The van der Waals surface area contributed by atoms with Crippen LogP contribution in [-0.4, -0.2) is 19.1 Å². The second kappa shape index (κ2) is 7.25. The zero-order valence-corrected chi connectivity index (χ0v) is 11.4. The Morgan fingerprint density at radius 2 is 2.18 bits per heavy atom. The van der Waals surface area contributed by atoms with Crippen LogP contribution in [0.3, 0.4) is 0 Å². The molecule has 0 saturated carbocycles. The predicted molar refractivity (Wildman–Crippen MR) is 71.6 cm³/mol. The lowest BCUT2D eigenvalue weighted by molar-refractivity contribution is -0.138. The van der Waals surface area contributed by atoms with Gasteiger partial charge in [-0.2, -0.15) is 0 Å². The number of carbonyl (C=O) groups is 1. The Morgan fingerprint density at radius 1 is 1.47 bits per heavy atom. The number of carbonyl (C=O) groups excluding carboxylic acids is 1. The van der Waals surface area contributed by atoms with Gasteiger partial charge in [0, 0.05) is 23.1 Å². The van der Waals surface area contributed by atoms with Gasteiger partial charge in [0.2, 0.25) is 0 Å². The quantitative estimate of drug-likeness (QED) is 0.648. The highest BCUT2D eigenvalue weighted by Crippen LogP contribution is 2.15. The molecule has 0 spiro atoms. The van der Waals surface area contributed by atoms with Gasteiger partial charge in [-0.05, 0) is 18.6 Å². The molecule has 0 fully saturated rings. The van der Waals surface area contributed by atoms with E-state index in [1.54, 1.807) is 6.92 Å². The molecule has 17 heavy (non-hydrogen) atoms. The highest BCUT2D eigenvalue weighted by molar-refractivity contribution is 9.10. The smallest absolute Gasteiger partial charge is 0.334 e. The van der Waals surface area contributed by atoms with Crippen molar-refractivity contribution in [3.05, 3.63) is 46.5 Å². The van der Waals surface area contributed by atoms with Gasteiger partial charge < -0.3 is 10.1 Å². The van der Waals surface area contributed by atoms with Gasteiger partial charge in [-0.1, -0.05) is 40.7 Å².